The van der Waals surface area contributed by atoms with Crippen LogP contribution in [0.4, 0.5) is 0 Å². The van der Waals surface area contributed by atoms with Crippen molar-refractivity contribution < 1.29 is 4.74 Å². The van der Waals surface area contributed by atoms with Crippen LogP contribution in [0.2, 0.25) is 4.47 Å². The standard InChI is InChI=1S/C14H18ClNOS/c1-4-8-14(5-2,17-3)10-6-7-12-11(9-10)16-13(15)18-12/h6-7,9H,4-5,8H2,1-3H3. The van der Waals surface area contributed by atoms with Gasteiger partial charge in [0, 0.05) is 7.11 Å². The molecule has 2 rings (SSSR count). The van der Waals surface area contributed by atoms with Crippen molar-refractivity contribution in [3.8, 4) is 0 Å². The van der Waals surface area contributed by atoms with Crippen LogP contribution < -0.4 is 0 Å². The highest BCUT2D eigenvalue weighted by molar-refractivity contribution is 7.22. The maximum Gasteiger partial charge on any atom is 0.184 e. The Morgan fingerprint density at radius 3 is 2.78 bits per heavy atom. The normalized spacial score (nSPS) is 14.9. The molecule has 1 unspecified atom stereocenters. The second-order valence-electron chi connectivity index (χ2n) is 4.45. The highest BCUT2D eigenvalue weighted by atomic mass is 35.5. The van der Waals surface area contributed by atoms with Crippen molar-refractivity contribution in [2.45, 2.75) is 38.7 Å². The van der Waals surface area contributed by atoms with Crippen molar-refractivity contribution in [2.24, 2.45) is 0 Å². The number of rotatable bonds is 5. The molecular formula is C14H18ClNOS. The summed E-state index contributed by atoms with van der Waals surface area (Å²) >= 11 is 7.47. The number of thiazole rings is 1. The molecule has 0 radical (unpaired) electrons. The van der Waals surface area contributed by atoms with Gasteiger partial charge in [-0.3, -0.25) is 0 Å². The molecule has 98 valence electrons. The van der Waals surface area contributed by atoms with Crippen LogP contribution in [0.5, 0.6) is 0 Å². The van der Waals surface area contributed by atoms with E-state index in [2.05, 4.69) is 37.0 Å². The van der Waals surface area contributed by atoms with E-state index >= 15 is 0 Å². The van der Waals surface area contributed by atoms with E-state index in [0.717, 1.165) is 29.5 Å². The molecule has 0 fully saturated rings. The van der Waals surface area contributed by atoms with Gasteiger partial charge in [-0.15, -0.1) is 11.3 Å². The average molecular weight is 284 g/mol. The number of hydrogen-bond acceptors (Lipinski definition) is 3. The van der Waals surface area contributed by atoms with Crippen LogP contribution in [0.25, 0.3) is 10.2 Å². The zero-order chi connectivity index (χ0) is 13.2. The van der Waals surface area contributed by atoms with Gasteiger partial charge in [0.15, 0.2) is 4.47 Å². The molecular weight excluding hydrogens is 266 g/mol. The first kappa shape index (κ1) is 13.8. The Morgan fingerprint density at radius 1 is 1.39 bits per heavy atom. The molecule has 0 aliphatic heterocycles. The molecule has 1 heterocycles. The number of nitrogens with zero attached hydrogens (tertiary/aromatic N) is 1. The molecule has 0 aliphatic carbocycles. The van der Waals surface area contributed by atoms with E-state index in [0.29, 0.717) is 4.47 Å². The number of ether oxygens (including phenoxy) is 1. The Labute approximate surface area is 117 Å². The predicted molar refractivity (Wildman–Crippen MR) is 78.5 cm³/mol. The van der Waals surface area contributed by atoms with E-state index in [-0.39, 0.29) is 5.60 Å². The Hall–Kier alpha value is -0.640. The van der Waals surface area contributed by atoms with E-state index in [9.17, 15) is 0 Å². The quantitative estimate of drug-likeness (QED) is 0.770. The second-order valence-corrected chi connectivity index (χ2v) is 6.06. The predicted octanol–water partition coefficient (Wildman–Crippen LogP) is 5.00. The van der Waals surface area contributed by atoms with Crippen LogP contribution >= 0.6 is 22.9 Å². The molecule has 1 atom stereocenters. The minimum Gasteiger partial charge on any atom is -0.374 e. The highest BCUT2D eigenvalue weighted by Crippen LogP contribution is 2.36. The molecule has 2 nitrogen and oxygen atoms in total. The SMILES string of the molecule is CCCC(CC)(OC)c1ccc2sc(Cl)nc2c1. The molecule has 0 saturated heterocycles. The largest absolute Gasteiger partial charge is 0.374 e. The van der Waals surface area contributed by atoms with Crippen molar-refractivity contribution in [1.82, 2.24) is 4.98 Å². The molecule has 1 aromatic heterocycles. The van der Waals surface area contributed by atoms with Crippen LogP contribution in [0, 0.1) is 0 Å². The summed E-state index contributed by atoms with van der Waals surface area (Å²) in [6, 6.07) is 6.34. The molecule has 0 amide bonds. The van der Waals surface area contributed by atoms with Gasteiger partial charge >= 0.3 is 0 Å². The summed E-state index contributed by atoms with van der Waals surface area (Å²) in [7, 11) is 1.79. The molecule has 4 heteroatoms. The van der Waals surface area contributed by atoms with Crippen molar-refractivity contribution >= 4 is 33.2 Å². The van der Waals surface area contributed by atoms with Crippen LogP contribution in [-0.2, 0) is 10.3 Å². The zero-order valence-electron chi connectivity index (χ0n) is 11.0. The number of methoxy groups -OCH3 is 1. The number of halogens is 1. The summed E-state index contributed by atoms with van der Waals surface area (Å²) in [5.74, 6) is 0. The van der Waals surface area contributed by atoms with Gasteiger partial charge in [0.25, 0.3) is 0 Å². The van der Waals surface area contributed by atoms with Gasteiger partial charge in [-0.25, -0.2) is 4.98 Å². The number of hydrogen-bond donors (Lipinski definition) is 0. The Bertz CT molecular complexity index is 534. The number of aromatic nitrogens is 1. The topological polar surface area (TPSA) is 22.1 Å². The monoisotopic (exact) mass is 283 g/mol. The van der Waals surface area contributed by atoms with E-state index < -0.39 is 0 Å². The molecule has 2 aromatic rings. The van der Waals surface area contributed by atoms with Crippen molar-refractivity contribution in [2.75, 3.05) is 7.11 Å². The summed E-state index contributed by atoms with van der Waals surface area (Å²) in [6.07, 6.45) is 3.07. The fourth-order valence-corrected chi connectivity index (χ4v) is 3.49. The van der Waals surface area contributed by atoms with Crippen LogP contribution in [0.15, 0.2) is 18.2 Å². The third-order valence-electron chi connectivity index (χ3n) is 3.50. The van der Waals surface area contributed by atoms with Crippen molar-refractivity contribution in [3.63, 3.8) is 0 Å². The molecule has 1 aromatic carbocycles. The van der Waals surface area contributed by atoms with Crippen LogP contribution in [0.1, 0.15) is 38.7 Å². The lowest BCUT2D eigenvalue weighted by Gasteiger charge is -2.31. The summed E-state index contributed by atoms with van der Waals surface area (Å²) in [5.41, 5.74) is 1.97. The van der Waals surface area contributed by atoms with E-state index in [4.69, 9.17) is 16.3 Å². The maximum atomic E-state index is 5.95. The minimum absolute atomic E-state index is 0.195. The first-order chi connectivity index (χ1) is 8.65. The Balaban J connectivity index is 2.49. The minimum atomic E-state index is -0.195. The van der Waals surface area contributed by atoms with E-state index in [1.54, 1.807) is 7.11 Å². The van der Waals surface area contributed by atoms with Gasteiger partial charge in [-0.05, 0) is 30.5 Å². The molecule has 0 saturated carbocycles. The van der Waals surface area contributed by atoms with Gasteiger partial charge < -0.3 is 4.74 Å². The van der Waals surface area contributed by atoms with Crippen molar-refractivity contribution in [3.05, 3.63) is 28.2 Å². The summed E-state index contributed by atoms with van der Waals surface area (Å²) < 4.78 is 7.53. The lowest BCUT2D eigenvalue weighted by Crippen LogP contribution is -2.27. The van der Waals surface area contributed by atoms with Gasteiger partial charge in [0.2, 0.25) is 0 Å². The van der Waals surface area contributed by atoms with Gasteiger partial charge in [0.05, 0.1) is 15.8 Å². The van der Waals surface area contributed by atoms with Gasteiger partial charge in [0.1, 0.15) is 0 Å². The zero-order valence-corrected chi connectivity index (χ0v) is 12.6. The molecule has 0 N–H and O–H groups in total. The molecule has 0 aliphatic rings. The Morgan fingerprint density at radius 2 is 2.17 bits per heavy atom. The fourth-order valence-electron chi connectivity index (χ4n) is 2.48. The fraction of sp³-hybridized carbons (Fsp3) is 0.500. The average Bonchev–Trinajstić information content (AvgIpc) is 2.75. The third kappa shape index (κ3) is 2.40. The first-order valence-electron chi connectivity index (χ1n) is 6.27. The van der Waals surface area contributed by atoms with E-state index in [1.165, 1.54) is 16.9 Å². The second kappa shape index (κ2) is 5.55. The lowest BCUT2D eigenvalue weighted by atomic mass is 9.86. The van der Waals surface area contributed by atoms with E-state index in [1.807, 2.05) is 0 Å². The van der Waals surface area contributed by atoms with Gasteiger partial charge in [-0.1, -0.05) is 37.9 Å². The molecule has 0 spiro atoms. The summed E-state index contributed by atoms with van der Waals surface area (Å²) in [5, 5.41) is 0. The third-order valence-corrected chi connectivity index (χ3v) is 4.64. The molecule has 0 bridgehead atoms. The Kier molecular flexibility index (Phi) is 4.25. The number of fused-ring (bicyclic) bond motifs is 1. The van der Waals surface area contributed by atoms with Crippen molar-refractivity contribution in [1.29, 1.82) is 0 Å². The maximum absolute atomic E-state index is 5.95. The van der Waals surface area contributed by atoms with Gasteiger partial charge in [-0.2, -0.15) is 0 Å². The lowest BCUT2D eigenvalue weighted by molar-refractivity contribution is -0.0261. The van der Waals surface area contributed by atoms with Crippen LogP contribution in [-0.4, -0.2) is 12.1 Å². The smallest absolute Gasteiger partial charge is 0.184 e. The molecule has 18 heavy (non-hydrogen) atoms. The summed E-state index contributed by atoms with van der Waals surface area (Å²) in [4.78, 5) is 4.34. The summed E-state index contributed by atoms with van der Waals surface area (Å²) in [6.45, 7) is 4.35. The van der Waals surface area contributed by atoms with Crippen LogP contribution in [0.3, 0.4) is 0 Å². The number of benzene rings is 1. The first-order valence-corrected chi connectivity index (χ1v) is 7.46. The highest BCUT2D eigenvalue weighted by Gasteiger charge is 2.29.